The summed E-state index contributed by atoms with van der Waals surface area (Å²) in [6, 6.07) is 3.07. The standard InChI is InChI=1S/C10H10F3N3O4/c11-10(12,13)3-4-20-8-2-1-6(16(18)19)5-7(8)9(14)15-17/h1-2,5,17H,3-4H2,(H2,14,15). The zero-order valence-corrected chi connectivity index (χ0v) is 9.92. The van der Waals surface area contributed by atoms with Crippen molar-refractivity contribution < 1.29 is 28.0 Å². The van der Waals surface area contributed by atoms with Crippen molar-refractivity contribution in [1.29, 1.82) is 0 Å². The molecule has 0 heterocycles. The molecule has 0 spiro atoms. The van der Waals surface area contributed by atoms with Gasteiger partial charge in [0.15, 0.2) is 5.84 Å². The molecule has 1 aromatic rings. The molecule has 0 aromatic heterocycles. The number of hydrogen-bond acceptors (Lipinski definition) is 5. The Hall–Kier alpha value is -2.52. The Bertz CT molecular complexity index is 531. The van der Waals surface area contributed by atoms with Crippen LogP contribution in [-0.4, -0.2) is 28.7 Å². The summed E-state index contributed by atoms with van der Waals surface area (Å²) in [4.78, 5) is 9.87. The lowest BCUT2D eigenvalue weighted by atomic mass is 10.1. The fourth-order valence-electron chi connectivity index (χ4n) is 1.29. The molecule has 0 bridgehead atoms. The molecule has 0 saturated heterocycles. The highest BCUT2D eigenvalue weighted by Gasteiger charge is 2.27. The van der Waals surface area contributed by atoms with Crippen LogP contribution in [0.3, 0.4) is 0 Å². The second-order valence-corrected chi connectivity index (χ2v) is 3.64. The van der Waals surface area contributed by atoms with Crippen LogP contribution in [0.1, 0.15) is 12.0 Å². The number of nitro groups is 1. The van der Waals surface area contributed by atoms with Gasteiger partial charge in [0.1, 0.15) is 5.75 Å². The molecule has 0 aliphatic heterocycles. The predicted molar refractivity (Wildman–Crippen MR) is 61.8 cm³/mol. The first kappa shape index (κ1) is 15.5. The maximum atomic E-state index is 12.0. The third kappa shape index (κ3) is 4.30. The number of nitro benzene ring substituents is 1. The van der Waals surface area contributed by atoms with E-state index < -0.39 is 30.0 Å². The lowest BCUT2D eigenvalue weighted by molar-refractivity contribution is -0.384. The van der Waals surface area contributed by atoms with E-state index in [0.29, 0.717) is 0 Å². The molecule has 0 saturated carbocycles. The van der Waals surface area contributed by atoms with Gasteiger partial charge in [-0.05, 0) is 6.07 Å². The number of alkyl halides is 3. The number of benzene rings is 1. The molecule has 0 fully saturated rings. The van der Waals surface area contributed by atoms with Gasteiger partial charge in [-0.3, -0.25) is 10.1 Å². The monoisotopic (exact) mass is 293 g/mol. The number of nitrogens with two attached hydrogens (primary N) is 1. The van der Waals surface area contributed by atoms with Crippen molar-refractivity contribution >= 4 is 11.5 Å². The van der Waals surface area contributed by atoms with Crippen LogP contribution in [0.25, 0.3) is 0 Å². The van der Waals surface area contributed by atoms with E-state index in [1.54, 1.807) is 0 Å². The van der Waals surface area contributed by atoms with E-state index in [0.717, 1.165) is 18.2 Å². The number of amidine groups is 1. The van der Waals surface area contributed by atoms with Gasteiger partial charge in [0, 0.05) is 12.1 Å². The average molecular weight is 293 g/mol. The number of rotatable bonds is 5. The zero-order chi connectivity index (χ0) is 15.3. The summed E-state index contributed by atoms with van der Waals surface area (Å²) in [5.41, 5.74) is 4.77. The summed E-state index contributed by atoms with van der Waals surface area (Å²) in [6.07, 6.45) is -5.59. The van der Waals surface area contributed by atoms with Crippen molar-refractivity contribution in [1.82, 2.24) is 0 Å². The predicted octanol–water partition coefficient (Wildman–Crippen LogP) is 2.02. The van der Waals surface area contributed by atoms with Crippen molar-refractivity contribution in [3.63, 3.8) is 0 Å². The van der Waals surface area contributed by atoms with E-state index in [4.69, 9.17) is 15.7 Å². The second-order valence-electron chi connectivity index (χ2n) is 3.64. The highest BCUT2D eigenvalue weighted by atomic mass is 19.4. The maximum Gasteiger partial charge on any atom is 0.392 e. The van der Waals surface area contributed by atoms with Crippen LogP contribution in [0.5, 0.6) is 5.75 Å². The van der Waals surface area contributed by atoms with Crippen molar-refractivity contribution in [2.24, 2.45) is 10.9 Å². The SMILES string of the molecule is N/C(=N/O)c1cc([N+](=O)[O-])ccc1OCCC(F)(F)F. The average Bonchev–Trinajstić information content (AvgIpc) is 2.36. The third-order valence-electron chi connectivity index (χ3n) is 2.20. The highest BCUT2D eigenvalue weighted by molar-refractivity contribution is 6.00. The molecule has 0 aliphatic carbocycles. The van der Waals surface area contributed by atoms with Gasteiger partial charge in [-0.1, -0.05) is 5.16 Å². The molecule has 3 N–H and O–H groups in total. The summed E-state index contributed by atoms with van der Waals surface area (Å²) >= 11 is 0. The summed E-state index contributed by atoms with van der Waals surface area (Å²) in [6.45, 7) is -0.687. The van der Waals surface area contributed by atoms with Crippen LogP contribution in [0, 0.1) is 10.1 Å². The molecule has 10 heteroatoms. The molecule has 0 amide bonds. The fourth-order valence-corrected chi connectivity index (χ4v) is 1.29. The van der Waals surface area contributed by atoms with Gasteiger partial charge in [-0.25, -0.2) is 0 Å². The van der Waals surface area contributed by atoms with Crippen LogP contribution in [0.15, 0.2) is 23.4 Å². The molecule has 0 radical (unpaired) electrons. The van der Waals surface area contributed by atoms with Gasteiger partial charge in [0.05, 0.1) is 23.5 Å². The van der Waals surface area contributed by atoms with Crippen molar-refractivity contribution in [3.8, 4) is 5.75 Å². The summed E-state index contributed by atoms with van der Waals surface area (Å²) in [5.74, 6) is -0.647. The van der Waals surface area contributed by atoms with E-state index in [-0.39, 0.29) is 17.0 Å². The number of halogens is 3. The Kier molecular flexibility index (Phi) is 4.73. The number of oxime groups is 1. The molecule has 0 unspecified atom stereocenters. The van der Waals surface area contributed by atoms with Crippen LogP contribution in [0.2, 0.25) is 0 Å². The number of hydrogen-bond donors (Lipinski definition) is 2. The maximum absolute atomic E-state index is 12.0. The first-order valence-corrected chi connectivity index (χ1v) is 5.20. The Morgan fingerprint density at radius 2 is 2.15 bits per heavy atom. The van der Waals surface area contributed by atoms with Crippen LogP contribution >= 0.6 is 0 Å². The highest BCUT2D eigenvalue weighted by Crippen LogP contribution is 2.26. The van der Waals surface area contributed by atoms with Crippen molar-refractivity contribution in [2.75, 3.05) is 6.61 Å². The summed E-state index contributed by atoms with van der Waals surface area (Å²) in [5, 5.41) is 21.8. The van der Waals surface area contributed by atoms with Crippen LogP contribution in [0.4, 0.5) is 18.9 Å². The van der Waals surface area contributed by atoms with Gasteiger partial charge in [0.25, 0.3) is 5.69 Å². The first-order chi connectivity index (χ1) is 9.24. The topological polar surface area (TPSA) is 111 Å². The molecular formula is C10H10F3N3O4. The van der Waals surface area contributed by atoms with Gasteiger partial charge in [-0.15, -0.1) is 0 Å². The van der Waals surface area contributed by atoms with Gasteiger partial charge >= 0.3 is 6.18 Å². The molecule has 7 nitrogen and oxygen atoms in total. The number of non-ortho nitro benzene ring substituents is 1. The summed E-state index contributed by atoms with van der Waals surface area (Å²) < 4.78 is 40.8. The van der Waals surface area contributed by atoms with E-state index in [1.807, 2.05) is 0 Å². The number of nitrogens with zero attached hydrogens (tertiary/aromatic N) is 2. The Morgan fingerprint density at radius 1 is 1.50 bits per heavy atom. The van der Waals surface area contributed by atoms with E-state index in [9.17, 15) is 23.3 Å². The second kappa shape index (κ2) is 6.08. The van der Waals surface area contributed by atoms with E-state index >= 15 is 0 Å². The van der Waals surface area contributed by atoms with Crippen molar-refractivity contribution in [2.45, 2.75) is 12.6 Å². The van der Waals surface area contributed by atoms with E-state index in [1.165, 1.54) is 0 Å². The Labute approximate surface area is 110 Å². The van der Waals surface area contributed by atoms with Gasteiger partial charge in [0.2, 0.25) is 0 Å². The molecule has 1 rings (SSSR count). The minimum absolute atomic E-state index is 0.143. The van der Waals surface area contributed by atoms with Crippen molar-refractivity contribution in [3.05, 3.63) is 33.9 Å². The lowest BCUT2D eigenvalue weighted by Gasteiger charge is -2.11. The normalized spacial score (nSPS) is 12.2. The van der Waals surface area contributed by atoms with Crippen LogP contribution < -0.4 is 10.5 Å². The molecule has 0 atom stereocenters. The molecule has 110 valence electrons. The lowest BCUT2D eigenvalue weighted by Crippen LogP contribution is -2.17. The summed E-state index contributed by atoms with van der Waals surface area (Å²) in [7, 11) is 0. The van der Waals surface area contributed by atoms with Gasteiger partial charge < -0.3 is 15.7 Å². The Morgan fingerprint density at radius 3 is 2.65 bits per heavy atom. The zero-order valence-electron chi connectivity index (χ0n) is 9.92. The van der Waals surface area contributed by atoms with Gasteiger partial charge in [-0.2, -0.15) is 13.2 Å². The number of ether oxygens (including phenoxy) is 1. The molecule has 20 heavy (non-hydrogen) atoms. The third-order valence-corrected chi connectivity index (χ3v) is 2.20. The quantitative estimate of drug-likeness (QED) is 0.283. The minimum atomic E-state index is -4.39. The smallest absolute Gasteiger partial charge is 0.392 e. The molecule has 1 aromatic carbocycles. The van der Waals surface area contributed by atoms with Crippen LogP contribution in [-0.2, 0) is 0 Å². The first-order valence-electron chi connectivity index (χ1n) is 5.20. The molecule has 0 aliphatic rings. The minimum Gasteiger partial charge on any atom is -0.492 e. The molecular weight excluding hydrogens is 283 g/mol. The van der Waals surface area contributed by atoms with E-state index in [2.05, 4.69) is 5.16 Å². The Balaban J connectivity index is 2.98. The largest absolute Gasteiger partial charge is 0.492 e. The fraction of sp³-hybridized carbons (Fsp3) is 0.300.